The molecule has 6 nitrogen and oxygen atoms in total. The molecular weight excluding hydrogens is 300 g/mol. The average Bonchev–Trinajstić information content (AvgIpc) is 2.58. The molecule has 1 fully saturated rings. The fourth-order valence-electron chi connectivity index (χ4n) is 3.24. The summed E-state index contributed by atoms with van der Waals surface area (Å²) in [5, 5.41) is 1.83. The number of aromatic nitrogens is 2. The number of nitrogens with zero attached hydrogens (tertiary/aromatic N) is 4. The largest absolute Gasteiger partial charge is 0.393 e. The lowest BCUT2D eigenvalue weighted by atomic mass is 9.90. The van der Waals surface area contributed by atoms with Crippen molar-refractivity contribution in [3.63, 3.8) is 0 Å². The number of anilines is 3. The molecular formula is C18H26N6. The van der Waals surface area contributed by atoms with E-state index in [0.717, 1.165) is 44.1 Å². The summed E-state index contributed by atoms with van der Waals surface area (Å²) in [5.41, 5.74) is 11.4. The van der Waals surface area contributed by atoms with Crippen molar-refractivity contribution in [2.24, 2.45) is 5.92 Å². The van der Waals surface area contributed by atoms with Crippen LogP contribution < -0.4 is 16.1 Å². The summed E-state index contributed by atoms with van der Waals surface area (Å²) in [4.78, 5) is 10.9. The number of hydrogen-bond donors (Lipinski definition) is 2. The standard InChI is InChI=1S/C18H26N6/c1-23(2)22-17-16(19)18(21-13-20-17)24-10-8-15(9-11-24)12-14-6-4-3-5-7-14/h3-7,13,15H,8-12,19H2,1-2H3,(H,20,21,22). The molecule has 1 aliphatic heterocycles. The molecule has 0 radical (unpaired) electrons. The monoisotopic (exact) mass is 326 g/mol. The molecule has 128 valence electrons. The highest BCUT2D eigenvalue weighted by Gasteiger charge is 2.23. The SMILES string of the molecule is CN(C)Nc1ncnc(N2CCC(Cc3ccccc3)CC2)c1N. The molecule has 0 unspecified atom stereocenters. The highest BCUT2D eigenvalue weighted by atomic mass is 15.5. The molecule has 3 rings (SSSR count). The van der Waals surface area contributed by atoms with E-state index in [9.17, 15) is 0 Å². The molecule has 0 bridgehead atoms. The molecule has 1 aliphatic rings. The first-order chi connectivity index (χ1) is 11.6. The zero-order valence-electron chi connectivity index (χ0n) is 14.4. The van der Waals surface area contributed by atoms with Gasteiger partial charge in [0.2, 0.25) is 0 Å². The van der Waals surface area contributed by atoms with E-state index in [2.05, 4.69) is 50.6 Å². The number of benzene rings is 1. The van der Waals surface area contributed by atoms with Crippen LogP contribution in [0.25, 0.3) is 0 Å². The molecule has 0 atom stereocenters. The Morgan fingerprint density at radius 2 is 1.88 bits per heavy atom. The Labute approximate surface area is 143 Å². The smallest absolute Gasteiger partial charge is 0.169 e. The van der Waals surface area contributed by atoms with Crippen molar-refractivity contribution in [3.05, 3.63) is 42.2 Å². The van der Waals surface area contributed by atoms with Gasteiger partial charge in [0, 0.05) is 27.2 Å². The summed E-state index contributed by atoms with van der Waals surface area (Å²) >= 11 is 0. The molecule has 6 heteroatoms. The Bertz CT molecular complexity index is 650. The van der Waals surface area contributed by atoms with Gasteiger partial charge in [-0.25, -0.2) is 15.0 Å². The van der Waals surface area contributed by atoms with Crippen molar-refractivity contribution in [1.29, 1.82) is 0 Å². The van der Waals surface area contributed by atoms with Gasteiger partial charge in [-0.3, -0.25) is 0 Å². The first-order valence-corrected chi connectivity index (χ1v) is 8.47. The molecule has 1 saturated heterocycles. The zero-order chi connectivity index (χ0) is 16.9. The summed E-state index contributed by atoms with van der Waals surface area (Å²) in [7, 11) is 3.83. The highest BCUT2D eigenvalue weighted by Crippen LogP contribution is 2.30. The van der Waals surface area contributed by atoms with E-state index in [0.29, 0.717) is 11.5 Å². The van der Waals surface area contributed by atoms with Gasteiger partial charge in [-0.1, -0.05) is 30.3 Å². The Morgan fingerprint density at radius 3 is 2.54 bits per heavy atom. The van der Waals surface area contributed by atoms with Gasteiger partial charge in [0.25, 0.3) is 0 Å². The van der Waals surface area contributed by atoms with Crippen LogP contribution in [0, 0.1) is 5.92 Å². The van der Waals surface area contributed by atoms with E-state index in [-0.39, 0.29) is 0 Å². The minimum absolute atomic E-state index is 0.618. The third kappa shape index (κ3) is 3.94. The lowest BCUT2D eigenvalue weighted by Gasteiger charge is -2.33. The van der Waals surface area contributed by atoms with E-state index >= 15 is 0 Å². The summed E-state index contributed by atoms with van der Waals surface area (Å²) in [5.74, 6) is 2.23. The molecule has 1 aromatic heterocycles. The Balaban J connectivity index is 1.62. The van der Waals surface area contributed by atoms with E-state index < -0.39 is 0 Å². The van der Waals surface area contributed by atoms with Crippen LogP contribution >= 0.6 is 0 Å². The van der Waals surface area contributed by atoms with Gasteiger partial charge in [0.1, 0.15) is 12.0 Å². The average molecular weight is 326 g/mol. The normalized spacial score (nSPS) is 15.7. The van der Waals surface area contributed by atoms with Gasteiger partial charge in [-0.15, -0.1) is 0 Å². The van der Waals surface area contributed by atoms with Crippen LogP contribution in [-0.4, -0.2) is 42.2 Å². The number of piperidine rings is 1. The van der Waals surface area contributed by atoms with Gasteiger partial charge in [-0.05, 0) is 30.7 Å². The number of rotatable bonds is 5. The third-order valence-corrected chi connectivity index (χ3v) is 4.47. The second kappa shape index (κ2) is 7.49. The summed E-state index contributed by atoms with van der Waals surface area (Å²) in [6.07, 6.45) is 5.05. The Hall–Kier alpha value is -2.34. The first kappa shape index (κ1) is 16.5. The summed E-state index contributed by atoms with van der Waals surface area (Å²) in [6, 6.07) is 10.7. The number of hydrogen-bond acceptors (Lipinski definition) is 6. The molecule has 0 saturated carbocycles. The molecule has 0 amide bonds. The number of nitrogen functional groups attached to an aromatic ring is 1. The van der Waals surface area contributed by atoms with Crippen molar-refractivity contribution in [3.8, 4) is 0 Å². The molecule has 3 N–H and O–H groups in total. The second-order valence-corrected chi connectivity index (χ2v) is 6.59. The van der Waals surface area contributed by atoms with Crippen LogP contribution in [-0.2, 0) is 6.42 Å². The second-order valence-electron chi connectivity index (χ2n) is 6.59. The maximum atomic E-state index is 6.26. The van der Waals surface area contributed by atoms with E-state index in [4.69, 9.17) is 5.73 Å². The minimum atomic E-state index is 0.618. The van der Waals surface area contributed by atoms with Crippen molar-refractivity contribution < 1.29 is 0 Å². The minimum Gasteiger partial charge on any atom is -0.393 e. The van der Waals surface area contributed by atoms with Crippen LogP contribution in [0.5, 0.6) is 0 Å². The van der Waals surface area contributed by atoms with Crippen molar-refractivity contribution >= 4 is 17.3 Å². The van der Waals surface area contributed by atoms with Crippen molar-refractivity contribution in [1.82, 2.24) is 15.0 Å². The Kier molecular flexibility index (Phi) is 5.15. The van der Waals surface area contributed by atoms with Crippen LogP contribution in [0.4, 0.5) is 17.3 Å². The van der Waals surface area contributed by atoms with Crippen LogP contribution in [0.3, 0.4) is 0 Å². The number of nitrogens with one attached hydrogen (secondary N) is 1. The summed E-state index contributed by atoms with van der Waals surface area (Å²) in [6.45, 7) is 1.97. The van der Waals surface area contributed by atoms with E-state index in [1.807, 2.05) is 19.1 Å². The summed E-state index contributed by atoms with van der Waals surface area (Å²) < 4.78 is 0. The van der Waals surface area contributed by atoms with Gasteiger partial charge >= 0.3 is 0 Å². The van der Waals surface area contributed by atoms with Gasteiger partial charge < -0.3 is 16.1 Å². The third-order valence-electron chi connectivity index (χ3n) is 4.47. The number of nitrogens with two attached hydrogens (primary N) is 1. The molecule has 2 heterocycles. The van der Waals surface area contributed by atoms with Gasteiger partial charge in [0.15, 0.2) is 11.6 Å². The molecule has 0 aliphatic carbocycles. The molecule has 2 aromatic rings. The lowest BCUT2D eigenvalue weighted by Crippen LogP contribution is -2.35. The van der Waals surface area contributed by atoms with Gasteiger partial charge in [-0.2, -0.15) is 0 Å². The predicted octanol–water partition coefficient (Wildman–Crippen LogP) is 2.41. The van der Waals surface area contributed by atoms with Crippen LogP contribution in [0.1, 0.15) is 18.4 Å². The van der Waals surface area contributed by atoms with Crippen molar-refractivity contribution in [2.75, 3.05) is 43.2 Å². The molecule has 1 aromatic carbocycles. The quantitative estimate of drug-likeness (QED) is 0.822. The van der Waals surface area contributed by atoms with Crippen molar-refractivity contribution in [2.45, 2.75) is 19.3 Å². The first-order valence-electron chi connectivity index (χ1n) is 8.47. The maximum absolute atomic E-state index is 6.26. The highest BCUT2D eigenvalue weighted by molar-refractivity contribution is 5.74. The maximum Gasteiger partial charge on any atom is 0.169 e. The van der Waals surface area contributed by atoms with Gasteiger partial charge in [0.05, 0.1) is 0 Å². The predicted molar refractivity (Wildman–Crippen MR) is 98.8 cm³/mol. The van der Waals surface area contributed by atoms with E-state index in [1.54, 1.807) is 6.33 Å². The fraction of sp³-hybridized carbons (Fsp3) is 0.444. The van der Waals surface area contributed by atoms with Crippen LogP contribution in [0.2, 0.25) is 0 Å². The lowest BCUT2D eigenvalue weighted by molar-refractivity contribution is 0.402. The fourth-order valence-corrected chi connectivity index (χ4v) is 3.24. The Morgan fingerprint density at radius 1 is 1.17 bits per heavy atom. The molecule has 24 heavy (non-hydrogen) atoms. The van der Waals surface area contributed by atoms with Crippen LogP contribution in [0.15, 0.2) is 36.7 Å². The molecule has 0 spiro atoms. The number of hydrazine groups is 1. The van der Waals surface area contributed by atoms with E-state index in [1.165, 1.54) is 5.56 Å². The topological polar surface area (TPSA) is 70.3 Å². The zero-order valence-corrected chi connectivity index (χ0v) is 14.4.